The summed E-state index contributed by atoms with van der Waals surface area (Å²) in [5.41, 5.74) is -0.467. The molecule has 96 valence electrons. The summed E-state index contributed by atoms with van der Waals surface area (Å²) < 4.78 is 0. The number of carbonyl (C=O) groups is 2. The maximum atomic E-state index is 12.1. The number of nitrogens with one attached hydrogen (secondary N) is 2. The van der Waals surface area contributed by atoms with E-state index in [4.69, 9.17) is 5.11 Å². The second-order valence-corrected chi connectivity index (χ2v) is 5.44. The van der Waals surface area contributed by atoms with E-state index in [-0.39, 0.29) is 18.2 Å². The minimum atomic E-state index is -0.831. The molecule has 1 saturated heterocycles. The number of carboxylic acids is 1. The fraction of sp³-hybridized carbons (Fsp3) is 0.833. The zero-order valence-electron chi connectivity index (χ0n) is 10.2. The third kappa shape index (κ3) is 2.60. The molecule has 0 bridgehead atoms. The molecule has 2 aliphatic rings. The molecule has 5 nitrogen and oxygen atoms in total. The van der Waals surface area contributed by atoms with Crippen LogP contribution in [0.5, 0.6) is 0 Å². The van der Waals surface area contributed by atoms with Crippen molar-refractivity contribution >= 4 is 11.9 Å². The van der Waals surface area contributed by atoms with Gasteiger partial charge < -0.3 is 15.7 Å². The van der Waals surface area contributed by atoms with Gasteiger partial charge in [-0.3, -0.25) is 9.59 Å². The van der Waals surface area contributed by atoms with Crippen molar-refractivity contribution in [2.45, 2.75) is 38.1 Å². The lowest BCUT2D eigenvalue weighted by molar-refractivity contribution is -0.140. The first-order valence-corrected chi connectivity index (χ1v) is 6.27. The van der Waals surface area contributed by atoms with E-state index in [1.165, 1.54) is 0 Å². The summed E-state index contributed by atoms with van der Waals surface area (Å²) in [7, 11) is 0. The van der Waals surface area contributed by atoms with Crippen molar-refractivity contribution in [3.05, 3.63) is 0 Å². The number of carbonyl (C=O) groups excluding carboxylic acids is 1. The van der Waals surface area contributed by atoms with Gasteiger partial charge in [0.25, 0.3) is 0 Å². The third-order valence-corrected chi connectivity index (χ3v) is 4.04. The van der Waals surface area contributed by atoms with Crippen LogP contribution in [0.4, 0.5) is 0 Å². The van der Waals surface area contributed by atoms with Gasteiger partial charge in [-0.15, -0.1) is 0 Å². The molecule has 1 aliphatic carbocycles. The summed E-state index contributed by atoms with van der Waals surface area (Å²) in [6, 6.07) is 0. The van der Waals surface area contributed by atoms with Crippen LogP contribution >= 0.6 is 0 Å². The first-order chi connectivity index (χ1) is 8.02. The zero-order valence-corrected chi connectivity index (χ0v) is 10.2. The van der Waals surface area contributed by atoms with E-state index in [9.17, 15) is 9.59 Å². The summed E-state index contributed by atoms with van der Waals surface area (Å²) in [4.78, 5) is 22.9. The van der Waals surface area contributed by atoms with E-state index >= 15 is 0 Å². The topological polar surface area (TPSA) is 78.4 Å². The molecule has 5 heteroatoms. The van der Waals surface area contributed by atoms with Gasteiger partial charge in [-0.2, -0.15) is 0 Å². The minimum Gasteiger partial charge on any atom is -0.481 e. The Bertz CT molecular complexity index is 326. The van der Waals surface area contributed by atoms with Crippen LogP contribution in [0.25, 0.3) is 0 Å². The van der Waals surface area contributed by atoms with Gasteiger partial charge in [0.05, 0.1) is 17.9 Å². The lowest BCUT2D eigenvalue weighted by Crippen LogP contribution is -2.56. The highest BCUT2D eigenvalue weighted by Gasteiger charge is 2.42. The average molecular weight is 240 g/mol. The summed E-state index contributed by atoms with van der Waals surface area (Å²) in [6.45, 7) is 3.62. The molecule has 1 saturated carbocycles. The predicted octanol–water partition coefficient (Wildman–Crippen LogP) is 0.355. The second-order valence-electron chi connectivity index (χ2n) is 5.44. The number of hydrogen-bond acceptors (Lipinski definition) is 3. The molecule has 0 aromatic rings. The van der Waals surface area contributed by atoms with Crippen molar-refractivity contribution in [2.75, 3.05) is 13.1 Å². The maximum absolute atomic E-state index is 12.1. The van der Waals surface area contributed by atoms with Crippen LogP contribution < -0.4 is 10.6 Å². The van der Waals surface area contributed by atoms with E-state index in [0.29, 0.717) is 12.5 Å². The summed E-state index contributed by atoms with van der Waals surface area (Å²) in [5, 5.41) is 15.0. The van der Waals surface area contributed by atoms with Crippen molar-refractivity contribution in [3.63, 3.8) is 0 Å². The van der Waals surface area contributed by atoms with E-state index in [1.807, 2.05) is 0 Å². The molecule has 0 radical (unpaired) electrons. The third-order valence-electron chi connectivity index (χ3n) is 4.04. The Morgan fingerprint density at radius 1 is 1.41 bits per heavy atom. The molecule has 0 unspecified atom stereocenters. The molecular formula is C12H20N2O3. The van der Waals surface area contributed by atoms with E-state index < -0.39 is 11.5 Å². The lowest BCUT2D eigenvalue weighted by Gasteiger charge is -2.42. The lowest BCUT2D eigenvalue weighted by atomic mass is 9.74. The van der Waals surface area contributed by atoms with Crippen LogP contribution in [0.15, 0.2) is 0 Å². The molecule has 0 spiro atoms. The van der Waals surface area contributed by atoms with Crippen LogP contribution in [-0.2, 0) is 9.59 Å². The molecule has 2 rings (SSSR count). The van der Waals surface area contributed by atoms with Crippen molar-refractivity contribution in [1.82, 2.24) is 10.6 Å². The minimum absolute atomic E-state index is 0.0127. The maximum Gasteiger partial charge on any atom is 0.305 e. The highest BCUT2D eigenvalue weighted by Crippen LogP contribution is 2.35. The summed E-state index contributed by atoms with van der Waals surface area (Å²) >= 11 is 0. The smallest absolute Gasteiger partial charge is 0.305 e. The second kappa shape index (κ2) is 4.64. The molecule has 0 aromatic heterocycles. The highest BCUT2D eigenvalue weighted by atomic mass is 16.4. The van der Waals surface area contributed by atoms with Crippen LogP contribution in [0, 0.1) is 11.8 Å². The van der Waals surface area contributed by atoms with E-state index in [0.717, 1.165) is 25.8 Å². The average Bonchev–Trinajstić information content (AvgIpc) is 2.60. The van der Waals surface area contributed by atoms with Gasteiger partial charge in [-0.25, -0.2) is 0 Å². The van der Waals surface area contributed by atoms with Gasteiger partial charge in [0.15, 0.2) is 0 Å². The van der Waals surface area contributed by atoms with E-state index in [1.54, 1.807) is 0 Å². The largest absolute Gasteiger partial charge is 0.481 e. The molecule has 3 N–H and O–H groups in total. The Balaban J connectivity index is 1.94. The Kier molecular flexibility index (Phi) is 3.38. The van der Waals surface area contributed by atoms with Crippen LogP contribution in [0.2, 0.25) is 0 Å². The summed E-state index contributed by atoms with van der Waals surface area (Å²) in [5.74, 6) is -0.496. The monoisotopic (exact) mass is 240 g/mol. The molecule has 0 aromatic carbocycles. The number of aliphatic carboxylic acids is 1. The zero-order chi connectivity index (χ0) is 12.5. The fourth-order valence-corrected chi connectivity index (χ4v) is 2.75. The Labute approximate surface area is 101 Å². The molecule has 1 aliphatic heterocycles. The SMILES string of the molecule is C[C@@H]1CNC[C@H]1C(=O)NC1(CC(=O)O)CCC1. The van der Waals surface area contributed by atoms with Crippen LogP contribution in [0.1, 0.15) is 32.6 Å². The number of hydrogen-bond donors (Lipinski definition) is 3. The molecule has 1 amide bonds. The predicted molar refractivity (Wildman–Crippen MR) is 62.5 cm³/mol. The van der Waals surface area contributed by atoms with Gasteiger partial charge >= 0.3 is 5.97 Å². The molecule has 17 heavy (non-hydrogen) atoms. The van der Waals surface area contributed by atoms with Gasteiger partial charge in [0, 0.05) is 6.54 Å². The summed E-state index contributed by atoms with van der Waals surface area (Å²) in [6.07, 6.45) is 2.64. The fourth-order valence-electron chi connectivity index (χ4n) is 2.75. The molecule has 2 atom stereocenters. The van der Waals surface area contributed by atoms with Gasteiger partial charge in [0.2, 0.25) is 5.91 Å². The first-order valence-electron chi connectivity index (χ1n) is 6.27. The molecular weight excluding hydrogens is 220 g/mol. The Hall–Kier alpha value is -1.10. The standard InChI is InChI=1S/C12H20N2O3/c1-8-6-13-7-9(8)11(17)14-12(3-2-4-12)5-10(15)16/h8-9,13H,2-7H2,1H3,(H,14,17)(H,15,16)/t8-,9-/m1/s1. The first kappa shape index (κ1) is 12.4. The number of carboxylic acid groups (broad SMARTS) is 1. The van der Waals surface area contributed by atoms with Crippen molar-refractivity contribution < 1.29 is 14.7 Å². The highest BCUT2D eigenvalue weighted by molar-refractivity contribution is 5.81. The van der Waals surface area contributed by atoms with Crippen molar-refractivity contribution in [2.24, 2.45) is 11.8 Å². The Morgan fingerprint density at radius 2 is 2.12 bits per heavy atom. The molecule has 1 heterocycles. The van der Waals surface area contributed by atoms with E-state index in [2.05, 4.69) is 17.6 Å². The Morgan fingerprint density at radius 3 is 2.53 bits per heavy atom. The van der Waals surface area contributed by atoms with Crippen molar-refractivity contribution in [1.29, 1.82) is 0 Å². The van der Waals surface area contributed by atoms with Crippen molar-refractivity contribution in [3.8, 4) is 0 Å². The normalized spacial score (nSPS) is 30.6. The number of amides is 1. The quantitative estimate of drug-likeness (QED) is 0.663. The van der Waals surface area contributed by atoms with Gasteiger partial charge in [0.1, 0.15) is 0 Å². The van der Waals surface area contributed by atoms with Crippen LogP contribution in [0.3, 0.4) is 0 Å². The molecule has 2 fully saturated rings. The van der Waals surface area contributed by atoms with Gasteiger partial charge in [-0.05, 0) is 31.7 Å². The number of rotatable bonds is 4. The van der Waals surface area contributed by atoms with Crippen LogP contribution in [-0.4, -0.2) is 35.6 Å². The van der Waals surface area contributed by atoms with Gasteiger partial charge in [-0.1, -0.05) is 6.92 Å².